The second-order valence-corrected chi connectivity index (χ2v) is 6.35. The molecule has 0 spiro atoms. The lowest BCUT2D eigenvalue weighted by atomic mass is 10.0. The first kappa shape index (κ1) is 17.3. The fourth-order valence-electron chi connectivity index (χ4n) is 3.23. The van der Waals surface area contributed by atoms with Crippen LogP contribution >= 0.6 is 0 Å². The molecule has 1 aliphatic heterocycles. The third-order valence-corrected chi connectivity index (χ3v) is 4.56. The van der Waals surface area contributed by atoms with Gasteiger partial charge in [0.15, 0.2) is 0 Å². The summed E-state index contributed by atoms with van der Waals surface area (Å²) in [5, 5.41) is 4.33. The number of rotatable bonds is 3. The van der Waals surface area contributed by atoms with E-state index >= 15 is 0 Å². The number of amides is 1. The van der Waals surface area contributed by atoms with Gasteiger partial charge < -0.3 is 4.90 Å². The lowest BCUT2D eigenvalue weighted by Gasteiger charge is -2.28. The molecule has 138 valence electrons. The molecule has 3 heterocycles. The van der Waals surface area contributed by atoms with E-state index in [1.54, 1.807) is 23.2 Å². The van der Waals surface area contributed by atoms with E-state index in [4.69, 9.17) is 0 Å². The monoisotopic (exact) mass is 372 g/mol. The Morgan fingerprint density at radius 3 is 2.44 bits per heavy atom. The molecule has 0 N–H and O–H groups in total. The minimum absolute atomic E-state index is 0.115. The van der Waals surface area contributed by atoms with E-state index in [2.05, 4.69) is 10.1 Å². The minimum atomic E-state index is -0.951. The molecule has 8 heteroatoms. The number of nitrogens with zero attached hydrogens (tertiary/aromatic N) is 4. The molecule has 0 saturated carbocycles. The maximum atomic E-state index is 13.2. The topological polar surface area (TPSA) is 51.0 Å². The molecule has 0 aliphatic carbocycles. The van der Waals surface area contributed by atoms with Crippen molar-refractivity contribution in [2.45, 2.75) is 19.5 Å². The Kier molecular flexibility index (Phi) is 4.39. The molecule has 0 bridgehead atoms. The average Bonchev–Trinajstić information content (AvgIpc) is 3.04. The smallest absolute Gasteiger partial charge is 0.227 e. The van der Waals surface area contributed by atoms with Crippen LogP contribution in [-0.2, 0) is 24.3 Å². The first-order chi connectivity index (χ1) is 13.0. The Morgan fingerprint density at radius 1 is 1.04 bits per heavy atom. The van der Waals surface area contributed by atoms with Gasteiger partial charge >= 0.3 is 0 Å². The zero-order valence-electron chi connectivity index (χ0n) is 14.2. The normalized spacial score (nSPS) is 13.5. The summed E-state index contributed by atoms with van der Waals surface area (Å²) in [5.41, 5.74) is 2.72. The van der Waals surface area contributed by atoms with Gasteiger partial charge in [-0.3, -0.25) is 9.48 Å². The molecule has 0 fully saturated rings. The second-order valence-electron chi connectivity index (χ2n) is 6.35. The van der Waals surface area contributed by atoms with Crippen molar-refractivity contribution in [3.05, 3.63) is 71.6 Å². The number of carbonyl (C=O) groups excluding carboxylic acids is 1. The van der Waals surface area contributed by atoms with Gasteiger partial charge in [-0.15, -0.1) is 0 Å². The molecule has 2 aromatic heterocycles. The first-order valence-corrected chi connectivity index (χ1v) is 8.40. The highest BCUT2D eigenvalue weighted by Gasteiger charge is 2.24. The highest BCUT2D eigenvalue weighted by Crippen LogP contribution is 2.27. The zero-order chi connectivity index (χ0) is 19.0. The van der Waals surface area contributed by atoms with E-state index in [0.29, 0.717) is 19.6 Å². The van der Waals surface area contributed by atoms with Crippen LogP contribution in [0.4, 0.5) is 13.2 Å². The van der Waals surface area contributed by atoms with Crippen LogP contribution in [0.5, 0.6) is 0 Å². The summed E-state index contributed by atoms with van der Waals surface area (Å²) in [6, 6.07) is 8.18. The van der Waals surface area contributed by atoms with E-state index < -0.39 is 11.9 Å². The number of benzene rings is 1. The van der Waals surface area contributed by atoms with Crippen molar-refractivity contribution in [1.82, 2.24) is 19.7 Å². The molecule has 4 rings (SSSR count). The number of hydrogen-bond donors (Lipinski definition) is 0. The number of aromatic nitrogens is 3. The van der Waals surface area contributed by atoms with Crippen LogP contribution < -0.4 is 0 Å². The Hall–Kier alpha value is -3.16. The molecule has 1 amide bonds. The van der Waals surface area contributed by atoms with Gasteiger partial charge in [0, 0.05) is 12.1 Å². The molecule has 0 atom stereocenters. The molecule has 0 radical (unpaired) electrons. The molecule has 27 heavy (non-hydrogen) atoms. The van der Waals surface area contributed by atoms with Crippen molar-refractivity contribution >= 4 is 5.91 Å². The second kappa shape index (κ2) is 6.86. The van der Waals surface area contributed by atoms with Crippen LogP contribution in [0.15, 0.2) is 42.6 Å². The summed E-state index contributed by atoms with van der Waals surface area (Å²) in [4.78, 5) is 17.3. The Balaban J connectivity index is 1.54. The van der Waals surface area contributed by atoms with Gasteiger partial charge in [0.05, 0.1) is 31.4 Å². The van der Waals surface area contributed by atoms with Crippen LogP contribution in [0.1, 0.15) is 11.3 Å². The largest absolute Gasteiger partial charge is 0.335 e. The third-order valence-electron chi connectivity index (χ3n) is 4.56. The predicted molar refractivity (Wildman–Crippen MR) is 90.9 cm³/mol. The highest BCUT2D eigenvalue weighted by atomic mass is 19.1. The maximum Gasteiger partial charge on any atom is 0.227 e. The van der Waals surface area contributed by atoms with Crippen LogP contribution in [-0.4, -0.2) is 32.1 Å². The van der Waals surface area contributed by atoms with E-state index in [0.717, 1.165) is 29.0 Å². The lowest BCUT2D eigenvalue weighted by Crippen LogP contribution is -2.39. The van der Waals surface area contributed by atoms with Crippen LogP contribution in [0.2, 0.25) is 0 Å². The average molecular weight is 372 g/mol. The minimum Gasteiger partial charge on any atom is -0.335 e. The highest BCUT2D eigenvalue weighted by molar-refractivity contribution is 5.79. The summed E-state index contributed by atoms with van der Waals surface area (Å²) in [5.74, 6) is -2.47. The van der Waals surface area contributed by atoms with Gasteiger partial charge in [-0.2, -0.15) is 18.9 Å². The van der Waals surface area contributed by atoms with Crippen molar-refractivity contribution in [2.75, 3.05) is 6.54 Å². The number of halogens is 3. The number of pyridine rings is 1. The molecule has 5 nitrogen and oxygen atoms in total. The van der Waals surface area contributed by atoms with Gasteiger partial charge in [-0.1, -0.05) is 12.1 Å². The van der Waals surface area contributed by atoms with Crippen molar-refractivity contribution in [3.63, 3.8) is 0 Å². The maximum absolute atomic E-state index is 13.2. The molecule has 1 aliphatic rings. The third kappa shape index (κ3) is 3.55. The van der Waals surface area contributed by atoms with Crippen molar-refractivity contribution in [3.8, 4) is 11.1 Å². The van der Waals surface area contributed by atoms with Gasteiger partial charge in [-0.25, -0.2) is 4.39 Å². The van der Waals surface area contributed by atoms with E-state index in [9.17, 15) is 18.0 Å². The quantitative estimate of drug-likeness (QED) is 0.665. The first-order valence-electron chi connectivity index (χ1n) is 8.40. The molecule has 1 aromatic carbocycles. The fourth-order valence-corrected chi connectivity index (χ4v) is 3.23. The number of fused-ring (bicyclic) bond motifs is 1. The standard InChI is InChI=1S/C19H15F3N4O/c20-14-3-1-13(2-4-14)15-10-23-26-6-5-25(11-16(15)26)19(27)9-12-7-17(21)24-18(22)8-12/h1-4,7-8,10H,5-6,9,11H2. The van der Waals surface area contributed by atoms with E-state index in [1.807, 2.05) is 4.68 Å². The molecule has 3 aromatic rings. The van der Waals surface area contributed by atoms with E-state index in [-0.39, 0.29) is 23.7 Å². The zero-order valence-corrected chi connectivity index (χ0v) is 14.2. The van der Waals surface area contributed by atoms with Gasteiger partial charge in [-0.05, 0) is 35.4 Å². The number of carbonyl (C=O) groups is 1. The molecule has 0 unspecified atom stereocenters. The SMILES string of the molecule is O=C(Cc1cc(F)nc(F)c1)N1CCn2ncc(-c3ccc(F)cc3)c2C1. The van der Waals surface area contributed by atoms with E-state index in [1.165, 1.54) is 12.1 Å². The van der Waals surface area contributed by atoms with Crippen molar-refractivity contribution in [2.24, 2.45) is 0 Å². The van der Waals surface area contributed by atoms with Gasteiger partial charge in [0.1, 0.15) is 5.82 Å². The van der Waals surface area contributed by atoms with Gasteiger partial charge in [0.25, 0.3) is 0 Å². The predicted octanol–water partition coefficient (Wildman–Crippen LogP) is 2.95. The molecular weight excluding hydrogens is 357 g/mol. The van der Waals surface area contributed by atoms with Gasteiger partial charge in [0.2, 0.25) is 17.8 Å². The summed E-state index contributed by atoms with van der Waals surface area (Å²) in [6.45, 7) is 1.29. The fraction of sp³-hybridized carbons (Fsp3) is 0.211. The Bertz CT molecular complexity index is 980. The summed E-state index contributed by atoms with van der Waals surface area (Å²) < 4.78 is 41.4. The Labute approximate surface area is 153 Å². The molecular formula is C19H15F3N4O. The Morgan fingerprint density at radius 2 is 1.74 bits per heavy atom. The van der Waals surface area contributed by atoms with Crippen LogP contribution in [0, 0.1) is 17.7 Å². The van der Waals surface area contributed by atoms with Crippen LogP contribution in [0.3, 0.4) is 0 Å². The summed E-state index contributed by atoms with van der Waals surface area (Å²) >= 11 is 0. The van der Waals surface area contributed by atoms with Crippen molar-refractivity contribution < 1.29 is 18.0 Å². The summed E-state index contributed by atoms with van der Waals surface area (Å²) in [6.07, 6.45) is 1.58. The summed E-state index contributed by atoms with van der Waals surface area (Å²) in [7, 11) is 0. The number of hydrogen-bond acceptors (Lipinski definition) is 3. The van der Waals surface area contributed by atoms with Crippen molar-refractivity contribution in [1.29, 1.82) is 0 Å². The van der Waals surface area contributed by atoms with Crippen LogP contribution in [0.25, 0.3) is 11.1 Å². The lowest BCUT2D eigenvalue weighted by molar-refractivity contribution is -0.131. The molecule has 0 saturated heterocycles.